The topological polar surface area (TPSA) is 94.1 Å². The highest BCUT2D eigenvalue weighted by Gasteiger charge is 2.20. The molecule has 0 bridgehead atoms. The van der Waals surface area contributed by atoms with E-state index in [9.17, 15) is 14.3 Å². The molecule has 0 spiro atoms. The van der Waals surface area contributed by atoms with Crippen LogP contribution in [-0.2, 0) is 27.9 Å². The second-order valence-corrected chi connectivity index (χ2v) is 19.2. The van der Waals surface area contributed by atoms with Crippen molar-refractivity contribution in [2.45, 2.75) is 206 Å². The second kappa shape index (κ2) is 45.5. The lowest BCUT2D eigenvalue weighted by molar-refractivity contribution is -0.870. The molecule has 0 amide bonds. The van der Waals surface area contributed by atoms with Gasteiger partial charge in [0.2, 0.25) is 0 Å². The van der Waals surface area contributed by atoms with E-state index in [1.54, 1.807) is 0 Å². The predicted molar refractivity (Wildman–Crippen MR) is 263 cm³/mol. The van der Waals surface area contributed by atoms with E-state index in [0.29, 0.717) is 24.1 Å². The summed E-state index contributed by atoms with van der Waals surface area (Å²) < 4.78 is 34.7. The maximum atomic E-state index is 12.7. The zero-order valence-electron chi connectivity index (χ0n) is 40.8. The van der Waals surface area contributed by atoms with E-state index in [1.165, 1.54) is 96.3 Å². The first-order valence-electron chi connectivity index (χ1n) is 25.2. The van der Waals surface area contributed by atoms with Crippen LogP contribution >= 0.6 is 7.82 Å². The molecule has 0 saturated heterocycles. The molecule has 0 aliphatic rings. The van der Waals surface area contributed by atoms with Gasteiger partial charge in [0.15, 0.2) is 0 Å². The fourth-order valence-corrected chi connectivity index (χ4v) is 7.35. The molecule has 0 saturated carbocycles. The average molecular weight is 890 g/mol. The molecule has 360 valence electrons. The Bertz CT molecular complexity index is 1220. The van der Waals surface area contributed by atoms with E-state index < -0.39 is 13.9 Å². The summed E-state index contributed by atoms with van der Waals surface area (Å²) in [6.07, 6.45) is 59.2. The quantitative estimate of drug-likeness (QED) is 0.0197. The highest BCUT2D eigenvalue weighted by Crippen LogP contribution is 2.38. The van der Waals surface area contributed by atoms with Gasteiger partial charge in [0.25, 0.3) is 7.82 Å². The van der Waals surface area contributed by atoms with Crippen LogP contribution in [0.4, 0.5) is 0 Å². The Morgan fingerprint density at radius 3 is 1.42 bits per heavy atom. The van der Waals surface area contributed by atoms with Gasteiger partial charge in [0.05, 0.1) is 34.4 Å². The van der Waals surface area contributed by atoms with Gasteiger partial charge in [0.1, 0.15) is 19.3 Å². The number of unbranched alkanes of at least 4 members (excludes halogenated alkanes) is 20. The Morgan fingerprint density at radius 2 is 0.935 bits per heavy atom. The molecule has 0 aliphatic heterocycles. The van der Waals surface area contributed by atoms with Crippen LogP contribution in [0, 0.1) is 0 Å². The summed E-state index contributed by atoms with van der Waals surface area (Å²) in [5.74, 6) is -0.347. The third kappa shape index (κ3) is 49.0. The number of phosphoric ester groups is 1. The maximum absolute atomic E-state index is 12.7. The number of ether oxygens (including phenoxy) is 2. The Balaban J connectivity index is 4.18. The number of quaternary nitrogens is 1. The predicted octanol–water partition coefficient (Wildman–Crippen LogP) is 14.8. The van der Waals surface area contributed by atoms with E-state index in [-0.39, 0.29) is 25.8 Å². The number of phosphoric acid groups is 1. The summed E-state index contributed by atoms with van der Waals surface area (Å²) in [6.45, 7) is 5.26. The minimum atomic E-state index is -4.54. The Morgan fingerprint density at radius 1 is 0.516 bits per heavy atom. The minimum absolute atomic E-state index is 0.0197. The van der Waals surface area contributed by atoms with Crippen LogP contribution in [0.15, 0.2) is 72.9 Å². The van der Waals surface area contributed by atoms with Crippen LogP contribution in [-0.4, -0.2) is 70.7 Å². The second-order valence-electron chi connectivity index (χ2n) is 17.8. The van der Waals surface area contributed by atoms with Crippen molar-refractivity contribution in [1.82, 2.24) is 0 Å². The monoisotopic (exact) mass is 890 g/mol. The van der Waals surface area contributed by atoms with Crippen molar-refractivity contribution in [3.63, 3.8) is 0 Å². The van der Waals surface area contributed by atoms with Crippen molar-refractivity contribution in [3.8, 4) is 0 Å². The van der Waals surface area contributed by atoms with Crippen molar-refractivity contribution in [3.05, 3.63) is 72.9 Å². The summed E-state index contributed by atoms with van der Waals surface area (Å²) in [7, 11) is 1.34. The van der Waals surface area contributed by atoms with E-state index in [2.05, 4.69) is 86.8 Å². The highest BCUT2D eigenvalue weighted by molar-refractivity contribution is 7.45. The largest absolute Gasteiger partial charge is 0.756 e. The zero-order chi connectivity index (χ0) is 45.5. The number of hydrogen-bond acceptors (Lipinski definition) is 7. The highest BCUT2D eigenvalue weighted by atomic mass is 31.2. The van der Waals surface area contributed by atoms with Gasteiger partial charge in [-0.3, -0.25) is 9.36 Å². The standard InChI is InChI=1S/C53H96NO7P/c1-6-8-10-12-14-16-18-20-22-24-25-26-27-28-29-30-31-33-35-37-39-41-43-45-48-58-50-52(51-60-62(56,57)59-49-47-54(3,4)5)61-53(55)46-44-42-40-38-36-34-32-23-21-19-17-15-13-11-9-7-2/h8,10,14,16,20,22-23,25-26,28-29,32,52H,6-7,9,11-13,15,17-19,21,24,27,30-31,33-51H2,1-5H3/b10-8-,16-14-,22-20-,26-25-,29-28-,32-23-. The Labute approximate surface area is 383 Å². The number of likely N-dealkylation sites (N-methyl/N-ethyl adjacent to an activating group) is 1. The van der Waals surface area contributed by atoms with Gasteiger partial charge in [-0.1, -0.05) is 183 Å². The molecule has 0 heterocycles. The van der Waals surface area contributed by atoms with Crippen molar-refractivity contribution < 1.29 is 37.3 Å². The summed E-state index contributed by atoms with van der Waals surface area (Å²) in [4.78, 5) is 25.1. The van der Waals surface area contributed by atoms with Gasteiger partial charge in [-0.15, -0.1) is 0 Å². The fourth-order valence-electron chi connectivity index (χ4n) is 6.63. The van der Waals surface area contributed by atoms with Crippen LogP contribution in [0.25, 0.3) is 0 Å². The van der Waals surface area contributed by atoms with E-state index in [4.69, 9.17) is 18.5 Å². The van der Waals surface area contributed by atoms with Crippen LogP contribution in [0.2, 0.25) is 0 Å². The first kappa shape index (κ1) is 59.9. The lowest BCUT2D eigenvalue weighted by Crippen LogP contribution is -2.37. The first-order valence-corrected chi connectivity index (χ1v) is 26.6. The third-order valence-electron chi connectivity index (χ3n) is 10.5. The molecule has 62 heavy (non-hydrogen) atoms. The van der Waals surface area contributed by atoms with Gasteiger partial charge in [-0.25, -0.2) is 0 Å². The summed E-state index contributed by atoms with van der Waals surface area (Å²) in [5.41, 5.74) is 0. The van der Waals surface area contributed by atoms with Crippen molar-refractivity contribution in [2.75, 3.05) is 54.1 Å². The summed E-state index contributed by atoms with van der Waals surface area (Å²) in [6, 6.07) is 0. The minimum Gasteiger partial charge on any atom is -0.756 e. The van der Waals surface area contributed by atoms with Gasteiger partial charge in [0, 0.05) is 13.0 Å². The Kier molecular flexibility index (Phi) is 44.0. The molecule has 0 aromatic carbocycles. The normalized spacial score (nSPS) is 14.2. The average Bonchev–Trinajstić information content (AvgIpc) is 3.23. The molecule has 9 heteroatoms. The van der Waals surface area contributed by atoms with Gasteiger partial charge in [-0.2, -0.15) is 0 Å². The molecule has 0 fully saturated rings. The number of hydrogen-bond donors (Lipinski definition) is 0. The fraction of sp³-hybridized carbons (Fsp3) is 0.755. The molecule has 2 unspecified atom stereocenters. The van der Waals surface area contributed by atoms with Gasteiger partial charge in [-0.05, 0) is 83.5 Å². The van der Waals surface area contributed by atoms with Crippen molar-refractivity contribution in [2.24, 2.45) is 0 Å². The molecule has 0 radical (unpaired) electrons. The first-order chi connectivity index (χ1) is 30.1. The van der Waals surface area contributed by atoms with E-state index in [1.807, 2.05) is 21.1 Å². The number of nitrogens with zero attached hydrogens (tertiary/aromatic N) is 1. The maximum Gasteiger partial charge on any atom is 0.306 e. The van der Waals surface area contributed by atoms with Crippen LogP contribution in [0.3, 0.4) is 0 Å². The Hall–Kier alpha value is -2.06. The number of esters is 1. The van der Waals surface area contributed by atoms with Crippen molar-refractivity contribution >= 4 is 13.8 Å². The number of carbonyl (C=O) groups excluding carboxylic acids is 1. The van der Waals surface area contributed by atoms with E-state index >= 15 is 0 Å². The number of carbonyl (C=O) groups is 1. The van der Waals surface area contributed by atoms with Crippen molar-refractivity contribution in [1.29, 1.82) is 0 Å². The molecule has 0 rings (SSSR count). The molecule has 0 aliphatic carbocycles. The number of allylic oxidation sites excluding steroid dienone is 12. The SMILES string of the molecule is CC/C=C\C/C=C\C/C=C\C/C=C\C/C=C\CCCCCCCCCCOCC(COP(=O)([O-])OCC[N+](C)(C)C)OC(=O)CCCCCCC/C=C\CCCCCCCCC. The van der Waals surface area contributed by atoms with Gasteiger partial charge >= 0.3 is 5.97 Å². The third-order valence-corrected chi connectivity index (χ3v) is 11.5. The van der Waals surface area contributed by atoms with Crippen LogP contribution < -0.4 is 4.89 Å². The summed E-state index contributed by atoms with van der Waals surface area (Å²) in [5, 5.41) is 0. The summed E-state index contributed by atoms with van der Waals surface area (Å²) >= 11 is 0. The van der Waals surface area contributed by atoms with Crippen LogP contribution in [0.5, 0.6) is 0 Å². The number of rotatable bonds is 46. The van der Waals surface area contributed by atoms with Crippen LogP contribution in [0.1, 0.15) is 200 Å². The molecule has 0 N–H and O–H groups in total. The molecule has 0 aromatic heterocycles. The molecular weight excluding hydrogens is 794 g/mol. The molecular formula is C53H96NO7P. The molecule has 8 nitrogen and oxygen atoms in total. The van der Waals surface area contributed by atoms with E-state index in [0.717, 1.165) is 83.5 Å². The lowest BCUT2D eigenvalue weighted by Gasteiger charge is -2.28. The lowest BCUT2D eigenvalue weighted by atomic mass is 10.1. The molecule has 0 aromatic rings. The molecule has 2 atom stereocenters. The van der Waals surface area contributed by atoms with Gasteiger partial charge < -0.3 is 27.9 Å². The smallest absolute Gasteiger partial charge is 0.306 e. The zero-order valence-corrected chi connectivity index (χ0v) is 41.7.